The standard InChI is InChI=1S/C17H28O3.C2H6/c1-7-8-14-11-13(9-10-17(5,6)19-14)12-15(18)20-16(2,3)4;1-2/h7-10,13-14H,11-12H2,1-6H3;1-2H3/b8-7+;/t13-,14?;/m1./s1. The lowest BCUT2D eigenvalue weighted by Crippen LogP contribution is -2.27. The van der Waals surface area contributed by atoms with E-state index in [9.17, 15) is 4.79 Å². The van der Waals surface area contributed by atoms with E-state index in [1.54, 1.807) is 0 Å². The number of hydrogen-bond donors (Lipinski definition) is 0. The van der Waals surface area contributed by atoms with Crippen molar-refractivity contribution in [3.8, 4) is 0 Å². The summed E-state index contributed by atoms with van der Waals surface area (Å²) in [6, 6.07) is 0. The van der Waals surface area contributed by atoms with E-state index in [0.717, 1.165) is 6.42 Å². The van der Waals surface area contributed by atoms with Crippen LogP contribution in [0, 0.1) is 5.92 Å². The van der Waals surface area contributed by atoms with Crippen molar-refractivity contribution >= 4 is 5.97 Å². The zero-order valence-electron chi connectivity index (χ0n) is 15.6. The quantitative estimate of drug-likeness (QED) is 0.540. The van der Waals surface area contributed by atoms with Crippen LogP contribution >= 0.6 is 0 Å². The smallest absolute Gasteiger partial charge is 0.306 e. The molecule has 0 aliphatic carbocycles. The molecule has 1 heterocycles. The number of allylic oxidation sites excluding steroid dienone is 2. The van der Waals surface area contributed by atoms with Gasteiger partial charge in [-0.15, -0.1) is 0 Å². The molecule has 0 amide bonds. The first kappa shape index (κ1) is 20.9. The van der Waals surface area contributed by atoms with Crippen LogP contribution in [0.3, 0.4) is 0 Å². The minimum absolute atomic E-state index is 0.0393. The highest BCUT2D eigenvalue weighted by molar-refractivity contribution is 5.70. The summed E-state index contributed by atoms with van der Waals surface area (Å²) in [7, 11) is 0. The Labute approximate surface area is 136 Å². The van der Waals surface area contributed by atoms with E-state index in [2.05, 4.69) is 12.2 Å². The van der Waals surface area contributed by atoms with E-state index in [0.29, 0.717) is 6.42 Å². The van der Waals surface area contributed by atoms with E-state index >= 15 is 0 Å². The molecule has 0 N–H and O–H groups in total. The summed E-state index contributed by atoms with van der Waals surface area (Å²) in [5, 5.41) is 0. The zero-order chi connectivity index (χ0) is 17.4. The van der Waals surface area contributed by atoms with Crippen LogP contribution in [0.2, 0.25) is 0 Å². The maximum atomic E-state index is 12.0. The van der Waals surface area contributed by atoms with Gasteiger partial charge in [-0.1, -0.05) is 38.2 Å². The molecular formula is C19H34O3. The molecule has 1 aliphatic rings. The fraction of sp³-hybridized carbons (Fsp3) is 0.737. The predicted octanol–water partition coefficient (Wildman–Crippen LogP) is 5.06. The summed E-state index contributed by atoms with van der Waals surface area (Å²) < 4.78 is 11.4. The van der Waals surface area contributed by atoms with Crippen molar-refractivity contribution in [1.29, 1.82) is 0 Å². The van der Waals surface area contributed by atoms with Gasteiger partial charge in [-0.05, 0) is 53.9 Å². The lowest BCUT2D eigenvalue weighted by Gasteiger charge is -2.25. The van der Waals surface area contributed by atoms with E-state index in [1.807, 2.05) is 67.5 Å². The Kier molecular flexibility index (Phi) is 8.69. The highest BCUT2D eigenvalue weighted by Crippen LogP contribution is 2.28. The lowest BCUT2D eigenvalue weighted by molar-refractivity contribution is -0.155. The highest BCUT2D eigenvalue weighted by Gasteiger charge is 2.27. The van der Waals surface area contributed by atoms with Crippen molar-refractivity contribution in [3.63, 3.8) is 0 Å². The van der Waals surface area contributed by atoms with Crippen molar-refractivity contribution in [2.75, 3.05) is 0 Å². The van der Waals surface area contributed by atoms with Crippen molar-refractivity contribution in [2.45, 2.75) is 85.5 Å². The maximum Gasteiger partial charge on any atom is 0.306 e. The van der Waals surface area contributed by atoms with E-state index < -0.39 is 5.60 Å². The van der Waals surface area contributed by atoms with Gasteiger partial charge in [-0.25, -0.2) is 0 Å². The Morgan fingerprint density at radius 3 is 2.45 bits per heavy atom. The van der Waals surface area contributed by atoms with Gasteiger partial charge in [0.25, 0.3) is 0 Å². The normalized spacial score (nSPS) is 24.4. The zero-order valence-corrected chi connectivity index (χ0v) is 15.6. The van der Waals surface area contributed by atoms with Gasteiger partial charge in [0.15, 0.2) is 0 Å². The van der Waals surface area contributed by atoms with Gasteiger partial charge in [-0.2, -0.15) is 0 Å². The monoisotopic (exact) mass is 310 g/mol. The first-order valence-corrected chi connectivity index (χ1v) is 8.33. The van der Waals surface area contributed by atoms with Gasteiger partial charge in [0.1, 0.15) is 5.60 Å². The molecule has 22 heavy (non-hydrogen) atoms. The molecule has 0 fully saturated rings. The predicted molar refractivity (Wildman–Crippen MR) is 92.8 cm³/mol. The van der Waals surface area contributed by atoms with Gasteiger partial charge in [0, 0.05) is 0 Å². The summed E-state index contributed by atoms with van der Waals surface area (Å²) >= 11 is 0. The number of carbonyl (C=O) groups excluding carboxylic acids is 1. The molecular weight excluding hydrogens is 276 g/mol. The van der Waals surface area contributed by atoms with Crippen molar-refractivity contribution in [3.05, 3.63) is 24.3 Å². The number of hydrogen-bond acceptors (Lipinski definition) is 3. The lowest BCUT2D eigenvalue weighted by atomic mass is 9.97. The third kappa shape index (κ3) is 9.04. The first-order valence-electron chi connectivity index (χ1n) is 8.33. The average Bonchev–Trinajstić information content (AvgIpc) is 2.49. The number of carbonyl (C=O) groups is 1. The number of rotatable bonds is 3. The van der Waals surface area contributed by atoms with Crippen LogP contribution in [0.5, 0.6) is 0 Å². The molecule has 0 aromatic heterocycles. The molecule has 0 spiro atoms. The second-order valence-electron chi connectivity index (χ2n) is 6.93. The summed E-state index contributed by atoms with van der Waals surface area (Å²) in [6.45, 7) is 15.7. The Bertz CT molecular complexity index is 386. The summed E-state index contributed by atoms with van der Waals surface area (Å²) in [5.41, 5.74) is -0.725. The SMILES string of the molecule is C/C=C/C1C[C@H](CC(=O)OC(C)(C)C)C=CC(C)(C)O1.CC. The third-order valence-electron chi connectivity index (χ3n) is 3.02. The molecule has 1 rings (SSSR count). The molecule has 0 bridgehead atoms. The molecule has 0 aromatic carbocycles. The molecule has 0 saturated carbocycles. The fourth-order valence-electron chi connectivity index (χ4n) is 2.30. The topological polar surface area (TPSA) is 35.5 Å². The Morgan fingerprint density at radius 1 is 1.36 bits per heavy atom. The molecule has 0 aromatic rings. The molecule has 2 atom stereocenters. The minimum atomic E-state index is -0.427. The largest absolute Gasteiger partial charge is 0.460 e. The Balaban J connectivity index is 0.00000211. The van der Waals surface area contributed by atoms with Gasteiger partial charge >= 0.3 is 5.97 Å². The maximum absolute atomic E-state index is 12.0. The van der Waals surface area contributed by atoms with Crippen LogP contribution in [-0.4, -0.2) is 23.3 Å². The average molecular weight is 310 g/mol. The Morgan fingerprint density at radius 2 is 1.95 bits per heavy atom. The van der Waals surface area contributed by atoms with Gasteiger partial charge in [0.05, 0.1) is 18.1 Å². The second kappa shape index (κ2) is 9.14. The van der Waals surface area contributed by atoms with Gasteiger partial charge in [0.2, 0.25) is 0 Å². The molecule has 3 nitrogen and oxygen atoms in total. The van der Waals surface area contributed by atoms with E-state index in [4.69, 9.17) is 9.47 Å². The third-order valence-corrected chi connectivity index (χ3v) is 3.02. The minimum Gasteiger partial charge on any atom is -0.460 e. The summed E-state index contributed by atoms with van der Waals surface area (Å²) in [4.78, 5) is 12.0. The summed E-state index contributed by atoms with van der Waals surface area (Å²) in [5.74, 6) is 0.0129. The molecule has 0 saturated heterocycles. The molecule has 128 valence electrons. The van der Waals surface area contributed by atoms with Crippen LogP contribution in [0.1, 0.15) is 68.2 Å². The van der Waals surface area contributed by atoms with Crippen molar-refractivity contribution in [2.24, 2.45) is 5.92 Å². The number of ether oxygens (including phenoxy) is 2. The van der Waals surface area contributed by atoms with Crippen molar-refractivity contribution < 1.29 is 14.3 Å². The highest BCUT2D eigenvalue weighted by atomic mass is 16.6. The summed E-state index contributed by atoms with van der Waals surface area (Å²) in [6.07, 6.45) is 9.44. The van der Waals surface area contributed by atoms with Crippen LogP contribution in [0.4, 0.5) is 0 Å². The molecule has 1 unspecified atom stereocenters. The first-order chi connectivity index (χ1) is 10.1. The Hall–Kier alpha value is -1.09. The molecule has 0 radical (unpaired) electrons. The second-order valence-corrected chi connectivity index (χ2v) is 6.93. The van der Waals surface area contributed by atoms with E-state index in [-0.39, 0.29) is 23.6 Å². The van der Waals surface area contributed by atoms with E-state index in [1.165, 1.54) is 0 Å². The molecule has 3 heteroatoms. The van der Waals surface area contributed by atoms with Gasteiger partial charge in [-0.3, -0.25) is 4.79 Å². The van der Waals surface area contributed by atoms with Crippen LogP contribution in [0.25, 0.3) is 0 Å². The fourth-order valence-corrected chi connectivity index (χ4v) is 2.30. The number of esters is 1. The van der Waals surface area contributed by atoms with Crippen LogP contribution in [0.15, 0.2) is 24.3 Å². The van der Waals surface area contributed by atoms with Crippen molar-refractivity contribution in [1.82, 2.24) is 0 Å². The van der Waals surface area contributed by atoms with Gasteiger partial charge < -0.3 is 9.47 Å². The molecule has 1 aliphatic heterocycles. The van der Waals surface area contributed by atoms with Crippen LogP contribution in [-0.2, 0) is 14.3 Å². The van der Waals surface area contributed by atoms with Crippen LogP contribution < -0.4 is 0 Å².